The van der Waals surface area contributed by atoms with Crippen LogP contribution in [-0.4, -0.2) is 29.3 Å². The number of rotatable bonds is 3. The zero-order valence-electron chi connectivity index (χ0n) is 8.76. The maximum Gasteiger partial charge on any atom is 0.0635 e. The maximum absolute atomic E-state index is 9.27. The SMILES string of the molecule is NCc1ccncc1N1CCCC1CO. The first-order valence-electron chi connectivity index (χ1n) is 5.37. The van der Waals surface area contributed by atoms with Crippen LogP contribution in [0.1, 0.15) is 18.4 Å². The van der Waals surface area contributed by atoms with Crippen LogP contribution in [0.2, 0.25) is 0 Å². The molecule has 0 aromatic carbocycles. The van der Waals surface area contributed by atoms with Crippen LogP contribution in [0.3, 0.4) is 0 Å². The first kappa shape index (κ1) is 10.4. The summed E-state index contributed by atoms with van der Waals surface area (Å²) in [6.45, 7) is 1.72. The number of aliphatic hydroxyl groups is 1. The van der Waals surface area contributed by atoms with Gasteiger partial charge in [0.15, 0.2) is 0 Å². The molecule has 4 nitrogen and oxygen atoms in total. The highest BCUT2D eigenvalue weighted by atomic mass is 16.3. The Balaban J connectivity index is 2.27. The van der Waals surface area contributed by atoms with Gasteiger partial charge in [0.1, 0.15) is 0 Å². The quantitative estimate of drug-likeness (QED) is 0.757. The fraction of sp³-hybridized carbons (Fsp3) is 0.545. The van der Waals surface area contributed by atoms with Crippen LogP contribution in [0, 0.1) is 0 Å². The van der Waals surface area contributed by atoms with E-state index >= 15 is 0 Å². The van der Waals surface area contributed by atoms with Crippen molar-refractivity contribution in [1.82, 2.24) is 4.98 Å². The molecule has 1 fully saturated rings. The van der Waals surface area contributed by atoms with Gasteiger partial charge >= 0.3 is 0 Å². The molecule has 0 spiro atoms. The molecule has 4 heteroatoms. The molecule has 82 valence electrons. The fourth-order valence-electron chi connectivity index (χ4n) is 2.19. The average Bonchev–Trinajstić information content (AvgIpc) is 2.76. The van der Waals surface area contributed by atoms with Gasteiger partial charge in [0.25, 0.3) is 0 Å². The lowest BCUT2D eigenvalue weighted by molar-refractivity contribution is 0.266. The van der Waals surface area contributed by atoms with Crippen LogP contribution in [-0.2, 0) is 6.54 Å². The van der Waals surface area contributed by atoms with Crippen molar-refractivity contribution >= 4 is 5.69 Å². The summed E-state index contributed by atoms with van der Waals surface area (Å²) in [6.07, 6.45) is 5.78. The van der Waals surface area contributed by atoms with Crippen molar-refractivity contribution in [3.05, 3.63) is 24.0 Å². The molecule has 0 saturated carbocycles. The Kier molecular flexibility index (Phi) is 3.18. The smallest absolute Gasteiger partial charge is 0.0635 e. The molecule has 1 saturated heterocycles. The largest absolute Gasteiger partial charge is 0.394 e. The molecule has 0 radical (unpaired) electrons. The Morgan fingerprint density at radius 3 is 3.20 bits per heavy atom. The number of nitrogens with zero attached hydrogens (tertiary/aromatic N) is 2. The van der Waals surface area contributed by atoms with E-state index in [9.17, 15) is 5.11 Å². The van der Waals surface area contributed by atoms with E-state index in [1.54, 1.807) is 6.20 Å². The van der Waals surface area contributed by atoms with Crippen LogP contribution in [0.15, 0.2) is 18.5 Å². The number of anilines is 1. The molecule has 3 N–H and O–H groups in total. The van der Waals surface area contributed by atoms with Crippen molar-refractivity contribution in [3.8, 4) is 0 Å². The van der Waals surface area contributed by atoms with Gasteiger partial charge in [-0.2, -0.15) is 0 Å². The van der Waals surface area contributed by atoms with Crippen molar-refractivity contribution in [1.29, 1.82) is 0 Å². The Bertz CT molecular complexity index is 329. The number of hydrogen-bond acceptors (Lipinski definition) is 4. The van der Waals surface area contributed by atoms with Gasteiger partial charge in [0.05, 0.1) is 24.5 Å². The van der Waals surface area contributed by atoms with E-state index in [1.165, 1.54) is 0 Å². The third-order valence-electron chi connectivity index (χ3n) is 3.00. The molecular formula is C11H17N3O. The van der Waals surface area contributed by atoms with Crippen molar-refractivity contribution in [2.45, 2.75) is 25.4 Å². The lowest BCUT2D eigenvalue weighted by Crippen LogP contribution is -2.33. The van der Waals surface area contributed by atoms with Crippen molar-refractivity contribution < 1.29 is 5.11 Å². The number of nitrogens with two attached hydrogens (primary N) is 1. The maximum atomic E-state index is 9.27. The third kappa shape index (κ3) is 1.96. The molecule has 1 atom stereocenters. The van der Waals surface area contributed by atoms with E-state index in [0.717, 1.165) is 30.6 Å². The van der Waals surface area contributed by atoms with Crippen LogP contribution in [0.4, 0.5) is 5.69 Å². The van der Waals surface area contributed by atoms with Gasteiger partial charge in [0.2, 0.25) is 0 Å². The van der Waals surface area contributed by atoms with E-state index in [0.29, 0.717) is 6.54 Å². The molecule has 1 aromatic heterocycles. The topological polar surface area (TPSA) is 62.4 Å². The van der Waals surface area contributed by atoms with Gasteiger partial charge < -0.3 is 15.7 Å². The minimum absolute atomic E-state index is 0.207. The molecule has 0 amide bonds. The van der Waals surface area contributed by atoms with Crippen LogP contribution < -0.4 is 10.6 Å². The van der Waals surface area contributed by atoms with Gasteiger partial charge in [0, 0.05) is 19.3 Å². The number of pyridine rings is 1. The number of hydrogen-bond donors (Lipinski definition) is 2. The van der Waals surface area contributed by atoms with Gasteiger partial charge in [-0.3, -0.25) is 4.98 Å². The predicted octanol–water partition coefficient (Wildman–Crippen LogP) is 0.501. The van der Waals surface area contributed by atoms with Crippen molar-refractivity contribution in [2.75, 3.05) is 18.1 Å². The van der Waals surface area contributed by atoms with Crippen LogP contribution >= 0.6 is 0 Å². The standard InChI is InChI=1S/C11H17N3O/c12-6-9-3-4-13-7-11(9)14-5-1-2-10(14)8-15/h3-4,7,10,15H,1-2,5-6,8,12H2. The second kappa shape index (κ2) is 4.59. The van der Waals surface area contributed by atoms with E-state index in [2.05, 4.69) is 9.88 Å². The monoisotopic (exact) mass is 207 g/mol. The van der Waals surface area contributed by atoms with E-state index in [1.807, 2.05) is 12.3 Å². The Morgan fingerprint density at radius 1 is 1.60 bits per heavy atom. The second-order valence-corrected chi connectivity index (χ2v) is 3.88. The van der Waals surface area contributed by atoms with E-state index in [4.69, 9.17) is 5.73 Å². The number of aromatic nitrogens is 1. The van der Waals surface area contributed by atoms with Gasteiger partial charge in [-0.05, 0) is 24.5 Å². The van der Waals surface area contributed by atoms with Crippen LogP contribution in [0.25, 0.3) is 0 Å². The van der Waals surface area contributed by atoms with Gasteiger partial charge in [-0.25, -0.2) is 0 Å². The summed E-state index contributed by atoms with van der Waals surface area (Å²) < 4.78 is 0. The summed E-state index contributed by atoms with van der Waals surface area (Å²) >= 11 is 0. The minimum Gasteiger partial charge on any atom is -0.394 e. The Morgan fingerprint density at radius 2 is 2.47 bits per heavy atom. The summed E-state index contributed by atoms with van der Waals surface area (Å²) in [6, 6.07) is 2.18. The summed E-state index contributed by atoms with van der Waals surface area (Å²) in [5.41, 5.74) is 7.87. The summed E-state index contributed by atoms with van der Waals surface area (Å²) in [7, 11) is 0. The zero-order valence-corrected chi connectivity index (χ0v) is 8.76. The molecule has 2 rings (SSSR count). The van der Waals surface area contributed by atoms with Gasteiger partial charge in [-0.15, -0.1) is 0 Å². The summed E-state index contributed by atoms with van der Waals surface area (Å²) in [4.78, 5) is 6.35. The van der Waals surface area contributed by atoms with Crippen molar-refractivity contribution in [3.63, 3.8) is 0 Å². The minimum atomic E-state index is 0.207. The van der Waals surface area contributed by atoms with Crippen LogP contribution in [0.5, 0.6) is 0 Å². The number of aliphatic hydroxyl groups excluding tert-OH is 1. The molecule has 1 aromatic rings. The normalized spacial score (nSPS) is 20.9. The Hall–Kier alpha value is -1.13. The summed E-state index contributed by atoms with van der Waals surface area (Å²) in [5, 5.41) is 9.27. The fourth-order valence-corrected chi connectivity index (χ4v) is 2.19. The highest BCUT2D eigenvalue weighted by molar-refractivity contribution is 5.53. The second-order valence-electron chi connectivity index (χ2n) is 3.88. The summed E-state index contributed by atoms with van der Waals surface area (Å²) in [5.74, 6) is 0. The first-order chi connectivity index (χ1) is 7.36. The molecular weight excluding hydrogens is 190 g/mol. The molecule has 0 bridgehead atoms. The third-order valence-corrected chi connectivity index (χ3v) is 3.00. The highest BCUT2D eigenvalue weighted by Gasteiger charge is 2.25. The lowest BCUT2D eigenvalue weighted by Gasteiger charge is -2.26. The Labute approximate surface area is 89.7 Å². The molecule has 1 aliphatic rings. The average molecular weight is 207 g/mol. The molecule has 0 aliphatic carbocycles. The predicted molar refractivity (Wildman–Crippen MR) is 59.6 cm³/mol. The molecule has 2 heterocycles. The van der Waals surface area contributed by atoms with Gasteiger partial charge in [-0.1, -0.05) is 0 Å². The van der Waals surface area contributed by atoms with E-state index < -0.39 is 0 Å². The molecule has 1 unspecified atom stereocenters. The first-order valence-corrected chi connectivity index (χ1v) is 5.37. The molecule has 1 aliphatic heterocycles. The molecule has 15 heavy (non-hydrogen) atoms. The highest BCUT2D eigenvalue weighted by Crippen LogP contribution is 2.27. The van der Waals surface area contributed by atoms with Crippen molar-refractivity contribution in [2.24, 2.45) is 5.73 Å². The zero-order chi connectivity index (χ0) is 10.7. The van der Waals surface area contributed by atoms with E-state index in [-0.39, 0.29) is 12.6 Å². The lowest BCUT2D eigenvalue weighted by atomic mass is 10.2.